The van der Waals surface area contributed by atoms with E-state index in [-0.39, 0.29) is 6.04 Å². The van der Waals surface area contributed by atoms with Crippen LogP contribution in [0.25, 0.3) is 0 Å². The first-order chi connectivity index (χ1) is 10.7. The smallest absolute Gasteiger partial charge is 0.0640 e. The van der Waals surface area contributed by atoms with E-state index < -0.39 is 0 Å². The summed E-state index contributed by atoms with van der Waals surface area (Å²) in [5.74, 6) is 1.37. The van der Waals surface area contributed by atoms with E-state index >= 15 is 0 Å². The second kappa shape index (κ2) is 15.8. The summed E-state index contributed by atoms with van der Waals surface area (Å²) in [6.07, 6.45) is 10.1. The Kier molecular flexibility index (Phi) is 15.7. The van der Waals surface area contributed by atoms with Crippen LogP contribution in [-0.4, -0.2) is 32.5 Å². The topological polar surface area (TPSA) is 44.5 Å². The van der Waals surface area contributed by atoms with Gasteiger partial charge in [-0.2, -0.15) is 0 Å². The van der Waals surface area contributed by atoms with Gasteiger partial charge >= 0.3 is 0 Å². The van der Waals surface area contributed by atoms with Gasteiger partial charge in [0.25, 0.3) is 0 Å². The van der Waals surface area contributed by atoms with Gasteiger partial charge in [-0.1, -0.05) is 66.2 Å². The van der Waals surface area contributed by atoms with Crippen molar-refractivity contribution in [2.24, 2.45) is 17.6 Å². The van der Waals surface area contributed by atoms with Crippen molar-refractivity contribution in [1.29, 1.82) is 0 Å². The van der Waals surface area contributed by atoms with Crippen LogP contribution in [0.15, 0.2) is 0 Å². The maximum atomic E-state index is 6.08. The largest absolute Gasteiger partial charge is 0.379 e. The van der Waals surface area contributed by atoms with Crippen molar-refractivity contribution in [3.63, 3.8) is 0 Å². The summed E-state index contributed by atoms with van der Waals surface area (Å²) in [7, 11) is 0. The molecule has 0 amide bonds. The molecule has 3 atom stereocenters. The third kappa shape index (κ3) is 12.4. The molecule has 134 valence electrons. The Labute approximate surface area is 139 Å². The lowest BCUT2D eigenvalue weighted by Gasteiger charge is -2.19. The maximum absolute atomic E-state index is 6.08. The van der Waals surface area contributed by atoms with E-state index in [2.05, 4.69) is 27.7 Å². The molecule has 0 aliphatic carbocycles. The van der Waals surface area contributed by atoms with E-state index in [4.69, 9.17) is 15.2 Å². The van der Waals surface area contributed by atoms with Crippen LogP contribution in [0, 0.1) is 11.8 Å². The van der Waals surface area contributed by atoms with E-state index in [0.29, 0.717) is 25.0 Å². The van der Waals surface area contributed by atoms with E-state index in [1.54, 1.807) is 0 Å². The van der Waals surface area contributed by atoms with Gasteiger partial charge in [0, 0.05) is 13.2 Å². The normalized spacial score (nSPS) is 15.7. The van der Waals surface area contributed by atoms with E-state index in [1.165, 1.54) is 51.4 Å². The molecule has 0 aromatic rings. The first-order valence-electron chi connectivity index (χ1n) is 9.58. The lowest BCUT2D eigenvalue weighted by atomic mass is 10.0. The zero-order valence-corrected chi connectivity index (χ0v) is 15.6. The highest BCUT2D eigenvalue weighted by molar-refractivity contribution is 4.62. The van der Waals surface area contributed by atoms with Crippen LogP contribution in [0.2, 0.25) is 0 Å². The first-order valence-corrected chi connectivity index (χ1v) is 9.58. The van der Waals surface area contributed by atoms with Crippen LogP contribution >= 0.6 is 0 Å². The van der Waals surface area contributed by atoms with Crippen LogP contribution in [0.1, 0.15) is 79.1 Å². The van der Waals surface area contributed by atoms with Crippen LogP contribution in [0.5, 0.6) is 0 Å². The Morgan fingerprint density at radius 1 is 0.682 bits per heavy atom. The molecule has 2 N–H and O–H groups in total. The fourth-order valence-electron chi connectivity index (χ4n) is 2.62. The van der Waals surface area contributed by atoms with Crippen molar-refractivity contribution in [2.45, 2.75) is 85.1 Å². The molecule has 0 heterocycles. The minimum Gasteiger partial charge on any atom is -0.379 e. The lowest BCUT2D eigenvalue weighted by molar-refractivity contribution is 0.0381. The second-order valence-corrected chi connectivity index (χ2v) is 6.67. The van der Waals surface area contributed by atoms with Crippen molar-refractivity contribution in [1.82, 2.24) is 0 Å². The molecule has 22 heavy (non-hydrogen) atoms. The summed E-state index contributed by atoms with van der Waals surface area (Å²) < 4.78 is 11.6. The fraction of sp³-hybridized carbons (Fsp3) is 1.00. The summed E-state index contributed by atoms with van der Waals surface area (Å²) in [5, 5.41) is 0. The number of ether oxygens (including phenoxy) is 2. The zero-order chi connectivity index (χ0) is 16.6. The number of nitrogens with two attached hydrogens (primary N) is 1. The van der Waals surface area contributed by atoms with Crippen LogP contribution in [0.3, 0.4) is 0 Å². The van der Waals surface area contributed by atoms with E-state index in [1.807, 2.05) is 0 Å². The number of unbranched alkanes of at least 4 members (excludes halogenated alkanes) is 2. The molecule has 0 aliphatic heterocycles. The summed E-state index contributed by atoms with van der Waals surface area (Å²) in [6, 6.07) is 0.00682. The van der Waals surface area contributed by atoms with Crippen molar-refractivity contribution in [3.05, 3.63) is 0 Å². The van der Waals surface area contributed by atoms with Crippen LogP contribution < -0.4 is 5.73 Å². The van der Waals surface area contributed by atoms with Gasteiger partial charge < -0.3 is 15.2 Å². The van der Waals surface area contributed by atoms with Gasteiger partial charge in [-0.05, 0) is 24.7 Å². The molecule has 0 aliphatic rings. The number of hydrogen-bond donors (Lipinski definition) is 1. The molecule has 0 fully saturated rings. The predicted molar refractivity (Wildman–Crippen MR) is 96.2 cm³/mol. The highest BCUT2D eigenvalue weighted by atomic mass is 16.5. The van der Waals surface area contributed by atoms with Crippen molar-refractivity contribution >= 4 is 0 Å². The lowest BCUT2D eigenvalue weighted by Crippen LogP contribution is -2.33. The van der Waals surface area contributed by atoms with Gasteiger partial charge in [0.15, 0.2) is 0 Å². The molecule has 0 saturated heterocycles. The van der Waals surface area contributed by atoms with Gasteiger partial charge in [-0.15, -0.1) is 0 Å². The van der Waals surface area contributed by atoms with Gasteiger partial charge in [0.1, 0.15) is 0 Å². The monoisotopic (exact) mass is 315 g/mol. The summed E-state index contributed by atoms with van der Waals surface area (Å²) >= 11 is 0. The van der Waals surface area contributed by atoms with Crippen LogP contribution in [-0.2, 0) is 9.47 Å². The fourth-order valence-corrected chi connectivity index (χ4v) is 2.62. The third-order valence-electron chi connectivity index (χ3n) is 4.46. The minimum absolute atomic E-state index is 0.00682. The molecule has 0 aromatic carbocycles. The Balaban J connectivity index is 3.65. The summed E-state index contributed by atoms with van der Waals surface area (Å²) in [4.78, 5) is 0. The second-order valence-electron chi connectivity index (χ2n) is 6.67. The Bertz CT molecular complexity index is 201. The molecule has 0 aromatic heterocycles. The average Bonchev–Trinajstić information content (AvgIpc) is 2.53. The zero-order valence-electron chi connectivity index (χ0n) is 15.6. The molecule has 3 nitrogen and oxygen atoms in total. The Morgan fingerprint density at radius 3 is 1.41 bits per heavy atom. The van der Waals surface area contributed by atoms with Gasteiger partial charge in [-0.25, -0.2) is 0 Å². The van der Waals surface area contributed by atoms with Crippen molar-refractivity contribution < 1.29 is 9.47 Å². The molecule has 1 unspecified atom stereocenters. The standard InChI is InChI=1S/C19H41NO2/c1-5-9-11-17(7-3)13-21-15-19(20)16-22-14-18(8-4)12-10-6-2/h17-19H,5-16,20H2,1-4H3/t17-,18+,19?. The molecule has 0 saturated carbocycles. The van der Waals surface area contributed by atoms with E-state index in [9.17, 15) is 0 Å². The molecule has 0 rings (SSSR count). The van der Waals surface area contributed by atoms with Crippen molar-refractivity contribution in [3.8, 4) is 0 Å². The summed E-state index contributed by atoms with van der Waals surface area (Å²) in [6.45, 7) is 11.9. The molecular formula is C19H41NO2. The Hall–Kier alpha value is -0.120. The van der Waals surface area contributed by atoms with Crippen LogP contribution in [0.4, 0.5) is 0 Å². The van der Waals surface area contributed by atoms with E-state index in [0.717, 1.165) is 13.2 Å². The van der Waals surface area contributed by atoms with Crippen molar-refractivity contribution in [2.75, 3.05) is 26.4 Å². The van der Waals surface area contributed by atoms with Gasteiger partial charge in [0.05, 0.1) is 19.3 Å². The summed E-state index contributed by atoms with van der Waals surface area (Å²) in [5.41, 5.74) is 6.08. The highest BCUT2D eigenvalue weighted by Crippen LogP contribution is 2.14. The van der Waals surface area contributed by atoms with Gasteiger partial charge in [-0.3, -0.25) is 0 Å². The molecule has 0 spiro atoms. The maximum Gasteiger partial charge on any atom is 0.0640 e. The molecule has 3 heteroatoms. The molecular weight excluding hydrogens is 274 g/mol. The minimum atomic E-state index is 0.00682. The number of hydrogen-bond acceptors (Lipinski definition) is 3. The average molecular weight is 316 g/mol. The molecule has 0 radical (unpaired) electrons. The predicted octanol–water partition coefficient (Wildman–Crippen LogP) is 4.78. The Morgan fingerprint density at radius 2 is 1.09 bits per heavy atom. The SMILES string of the molecule is CCCC[C@@H](CC)COCC(N)COC[C@@H](CC)CCCC. The third-order valence-corrected chi connectivity index (χ3v) is 4.46. The quantitative estimate of drug-likeness (QED) is 0.446. The molecule has 0 bridgehead atoms. The van der Waals surface area contributed by atoms with Gasteiger partial charge in [0.2, 0.25) is 0 Å². The first kappa shape index (κ1) is 21.9. The highest BCUT2D eigenvalue weighted by Gasteiger charge is 2.10. The number of rotatable bonds is 16.